The third-order valence-corrected chi connectivity index (χ3v) is 3.76. The number of carbonyl (C=O) groups is 1. The zero-order chi connectivity index (χ0) is 15.4. The average Bonchev–Trinajstić information content (AvgIpc) is 3.06. The van der Waals surface area contributed by atoms with Crippen LogP contribution in [0, 0.1) is 0 Å². The van der Waals surface area contributed by atoms with Gasteiger partial charge in [0.25, 0.3) is 5.91 Å². The predicted octanol–water partition coefficient (Wildman–Crippen LogP) is 1.88. The summed E-state index contributed by atoms with van der Waals surface area (Å²) in [6, 6.07) is 9.25. The number of rotatable bonds is 4. The van der Waals surface area contributed by atoms with E-state index in [9.17, 15) is 4.79 Å². The average molecular weight is 302 g/mol. The second kappa shape index (κ2) is 6.72. The molecule has 0 unspecified atom stereocenters. The lowest BCUT2D eigenvalue weighted by Crippen LogP contribution is -2.50. The number of methoxy groups -OCH3 is 1. The lowest BCUT2D eigenvalue weighted by atomic mass is 10.0. The summed E-state index contributed by atoms with van der Waals surface area (Å²) in [5.41, 5.74) is 1.22. The van der Waals surface area contributed by atoms with E-state index in [0.29, 0.717) is 24.5 Å². The Hall–Kier alpha value is -2.18. The maximum absolute atomic E-state index is 12.5. The number of amides is 1. The summed E-state index contributed by atoms with van der Waals surface area (Å²) in [5.74, 6) is 0.224. The minimum absolute atomic E-state index is 0.0438. The molecule has 0 aliphatic carbocycles. The first-order valence-electron chi connectivity index (χ1n) is 7.21. The third kappa shape index (κ3) is 3.03. The first kappa shape index (κ1) is 14.7. The summed E-state index contributed by atoms with van der Waals surface area (Å²) in [6.45, 7) is 1.09. The molecule has 6 nitrogen and oxygen atoms in total. The maximum atomic E-state index is 12.5. The molecule has 3 rings (SSSR count). The number of carbonyl (C=O) groups excluding carboxylic acids is 1. The van der Waals surface area contributed by atoms with Crippen molar-refractivity contribution in [2.45, 2.75) is 18.6 Å². The van der Waals surface area contributed by atoms with Gasteiger partial charge in [-0.1, -0.05) is 35.5 Å². The topological polar surface area (TPSA) is 73.6 Å². The van der Waals surface area contributed by atoms with Crippen molar-refractivity contribution in [3.05, 3.63) is 42.1 Å². The van der Waals surface area contributed by atoms with Gasteiger partial charge in [-0.05, 0) is 6.42 Å². The van der Waals surface area contributed by atoms with Gasteiger partial charge in [-0.3, -0.25) is 4.79 Å². The second-order valence-corrected chi connectivity index (χ2v) is 5.15. The van der Waals surface area contributed by atoms with E-state index in [4.69, 9.17) is 14.0 Å². The van der Waals surface area contributed by atoms with E-state index < -0.39 is 0 Å². The highest BCUT2D eigenvalue weighted by Crippen LogP contribution is 2.23. The van der Waals surface area contributed by atoms with Crippen molar-refractivity contribution in [1.29, 1.82) is 0 Å². The summed E-state index contributed by atoms with van der Waals surface area (Å²) in [5, 5.41) is 6.70. The van der Waals surface area contributed by atoms with Gasteiger partial charge in [-0.25, -0.2) is 0 Å². The van der Waals surface area contributed by atoms with Gasteiger partial charge in [0.05, 0.1) is 24.9 Å². The minimum Gasteiger partial charge on any atom is -0.379 e. The molecular weight excluding hydrogens is 284 g/mol. The van der Waals surface area contributed by atoms with E-state index in [0.717, 1.165) is 12.0 Å². The van der Waals surface area contributed by atoms with Gasteiger partial charge in [-0.2, -0.15) is 0 Å². The minimum atomic E-state index is -0.238. The molecule has 1 amide bonds. The molecule has 2 atom stereocenters. The summed E-state index contributed by atoms with van der Waals surface area (Å²) in [6.07, 6.45) is 2.15. The molecule has 2 aromatic rings. The number of nitrogens with one attached hydrogen (secondary N) is 1. The molecule has 116 valence electrons. The summed E-state index contributed by atoms with van der Waals surface area (Å²) in [4.78, 5) is 12.5. The smallest absolute Gasteiger partial charge is 0.257 e. The molecule has 1 aliphatic rings. The SMILES string of the molecule is CO[C@@H]1CCOC[C@H]1NC(=O)c1cnoc1-c1ccccc1. The number of hydrogen-bond donors (Lipinski definition) is 1. The van der Waals surface area contributed by atoms with Crippen molar-refractivity contribution < 1.29 is 18.8 Å². The molecule has 0 radical (unpaired) electrons. The van der Waals surface area contributed by atoms with Crippen LogP contribution in [0.3, 0.4) is 0 Å². The Morgan fingerprint density at radius 3 is 2.95 bits per heavy atom. The molecule has 0 saturated carbocycles. The number of benzene rings is 1. The second-order valence-electron chi connectivity index (χ2n) is 5.15. The monoisotopic (exact) mass is 302 g/mol. The van der Waals surface area contributed by atoms with E-state index in [-0.39, 0.29) is 18.1 Å². The van der Waals surface area contributed by atoms with Crippen LogP contribution >= 0.6 is 0 Å². The molecule has 2 heterocycles. The lowest BCUT2D eigenvalue weighted by Gasteiger charge is -2.30. The van der Waals surface area contributed by atoms with Gasteiger partial charge < -0.3 is 19.3 Å². The molecule has 1 fully saturated rings. The van der Waals surface area contributed by atoms with Crippen LogP contribution in [0.4, 0.5) is 0 Å². The van der Waals surface area contributed by atoms with E-state index in [1.165, 1.54) is 6.20 Å². The van der Waals surface area contributed by atoms with Crippen molar-refractivity contribution in [3.63, 3.8) is 0 Å². The predicted molar refractivity (Wildman–Crippen MR) is 79.4 cm³/mol. The van der Waals surface area contributed by atoms with Gasteiger partial charge in [0.2, 0.25) is 0 Å². The van der Waals surface area contributed by atoms with Gasteiger partial charge in [0, 0.05) is 19.3 Å². The maximum Gasteiger partial charge on any atom is 0.257 e. The highest BCUT2D eigenvalue weighted by Gasteiger charge is 2.29. The molecule has 6 heteroatoms. The quantitative estimate of drug-likeness (QED) is 0.933. The van der Waals surface area contributed by atoms with Gasteiger partial charge in [-0.15, -0.1) is 0 Å². The van der Waals surface area contributed by atoms with Crippen LogP contribution in [0.25, 0.3) is 11.3 Å². The van der Waals surface area contributed by atoms with Crippen LogP contribution in [0.1, 0.15) is 16.8 Å². The largest absolute Gasteiger partial charge is 0.379 e. The molecule has 0 spiro atoms. The number of aromatic nitrogens is 1. The Balaban J connectivity index is 1.77. The molecule has 22 heavy (non-hydrogen) atoms. The fourth-order valence-electron chi connectivity index (χ4n) is 2.58. The Labute approximate surface area is 128 Å². The molecule has 1 aromatic carbocycles. The first-order chi connectivity index (χ1) is 10.8. The van der Waals surface area contributed by atoms with Gasteiger partial charge in [0.1, 0.15) is 5.56 Å². The molecule has 0 bridgehead atoms. The van der Waals surface area contributed by atoms with Crippen molar-refractivity contribution in [1.82, 2.24) is 10.5 Å². The van der Waals surface area contributed by atoms with Crippen molar-refractivity contribution in [2.75, 3.05) is 20.3 Å². The molecule has 1 N–H and O–H groups in total. The first-order valence-corrected chi connectivity index (χ1v) is 7.21. The van der Waals surface area contributed by atoms with Gasteiger partial charge >= 0.3 is 0 Å². The number of hydrogen-bond acceptors (Lipinski definition) is 5. The number of ether oxygens (including phenoxy) is 2. The molecular formula is C16H18N2O4. The van der Waals surface area contributed by atoms with Crippen LogP contribution in [-0.2, 0) is 9.47 Å². The molecule has 1 saturated heterocycles. The van der Waals surface area contributed by atoms with Crippen molar-refractivity contribution >= 4 is 5.91 Å². The fraction of sp³-hybridized carbons (Fsp3) is 0.375. The van der Waals surface area contributed by atoms with Crippen LogP contribution in [0.15, 0.2) is 41.1 Å². The van der Waals surface area contributed by atoms with Crippen LogP contribution in [0.2, 0.25) is 0 Å². The van der Waals surface area contributed by atoms with Crippen LogP contribution < -0.4 is 5.32 Å². The Bertz CT molecular complexity index is 626. The molecule has 1 aromatic heterocycles. The summed E-state index contributed by atoms with van der Waals surface area (Å²) < 4.78 is 16.1. The fourth-order valence-corrected chi connectivity index (χ4v) is 2.58. The Morgan fingerprint density at radius 1 is 1.36 bits per heavy atom. The summed E-state index contributed by atoms with van der Waals surface area (Å²) in [7, 11) is 1.64. The van der Waals surface area contributed by atoms with Gasteiger partial charge in [0.15, 0.2) is 5.76 Å². The van der Waals surface area contributed by atoms with E-state index in [1.807, 2.05) is 30.3 Å². The van der Waals surface area contributed by atoms with E-state index >= 15 is 0 Å². The highest BCUT2D eigenvalue weighted by atomic mass is 16.5. The zero-order valence-electron chi connectivity index (χ0n) is 12.3. The molecule has 1 aliphatic heterocycles. The summed E-state index contributed by atoms with van der Waals surface area (Å²) >= 11 is 0. The highest BCUT2D eigenvalue weighted by molar-refractivity contribution is 5.99. The Kier molecular flexibility index (Phi) is 4.50. The Morgan fingerprint density at radius 2 is 2.18 bits per heavy atom. The standard InChI is InChI=1S/C16H18N2O4/c1-20-14-7-8-21-10-13(14)18-16(19)12-9-17-22-15(12)11-5-3-2-4-6-11/h2-6,9,13-14H,7-8,10H2,1H3,(H,18,19)/t13-,14-/m1/s1. The third-order valence-electron chi connectivity index (χ3n) is 3.76. The number of nitrogens with zero attached hydrogens (tertiary/aromatic N) is 1. The van der Waals surface area contributed by atoms with E-state index in [2.05, 4.69) is 10.5 Å². The lowest BCUT2D eigenvalue weighted by molar-refractivity contribution is -0.0349. The van der Waals surface area contributed by atoms with Crippen molar-refractivity contribution in [3.8, 4) is 11.3 Å². The van der Waals surface area contributed by atoms with Crippen molar-refractivity contribution in [2.24, 2.45) is 0 Å². The zero-order valence-corrected chi connectivity index (χ0v) is 12.3. The van der Waals surface area contributed by atoms with Crippen LogP contribution in [0.5, 0.6) is 0 Å². The van der Waals surface area contributed by atoms with Crippen LogP contribution in [-0.4, -0.2) is 43.5 Å². The van der Waals surface area contributed by atoms with E-state index in [1.54, 1.807) is 7.11 Å². The normalized spacial score (nSPS) is 21.5.